The Labute approximate surface area is 190 Å². The minimum atomic E-state index is -0.543. The minimum absolute atomic E-state index is 0.162. The first-order valence-corrected chi connectivity index (χ1v) is 10.4. The van der Waals surface area contributed by atoms with E-state index in [0.717, 1.165) is 16.3 Å². The van der Waals surface area contributed by atoms with E-state index < -0.39 is 10.8 Å². The Morgan fingerprint density at radius 3 is 2.59 bits per heavy atom. The van der Waals surface area contributed by atoms with Crippen LogP contribution in [0.1, 0.15) is 10.4 Å². The lowest BCUT2D eigenvalue weighted by Gasteiger charge is -2.06. The van der Waals surface area contributed by atoms with Crippen molar-refractivity contribution < 1.29 is 14.1 Å². The summed E-state index contributed by atoms with van der Waals surface area (Å²) in [6.45, 7) is 0. The van der Waals surface area contributed by atoms with Crippen molar-refractivity contribution in [1.29, 1.82) is 0 Å². The molecule has 7 nitrogen and oxygen atoms in total. The molecule has 32 heavy (non-hydrogen) atoms. The van der Waals surface area contributed by atoms with E-state index in [2.05, 4.69) is 26.2 Å². The predicted molar refractivity (Wildman–Crippen MR) is 126 cm³/mol. The number of amides is 1. The van der Waals surface area contributed by atoms with E-state index in [1.807, 2.05) is 42.5 Å². The molecule has 0 saturated carbocycles. The van der Waals surface area contributed by atoms with Crippen LogP contribution in [0.4, 0.5) is 11.4 Å². The number of benzene rings is 4. The van der Waals surface area contributed by atoms with E-state index in [-0.39, 0.29) is 11.3 Å². The minimum Gasteiger partial charge on any atom is -0.436 e. The van der Waals surface area contributed by atoms with Crippen molar-refractivity contribution in [3.63, 3.8) is 0 Å². The van der Waals surface area contributed by atoms with Gasteiger partial charge in [0, 0.05) is 27.9 Å². The van der Waals surface area contributed by atoms with Gasteiger partial charge in [-0.25, -0.2) is 4.98 Å². The summed E-state index contributed by atoms with van der Waals surface area (Å²) in [5, 5.41) is 16.0. The summed E-state index contributed by atoms with van der Waals surface area (Å²) in [7, 11) is 0. The third kappa shape index (κ3) is 3.72. The number of hydrogen-bond acceptors (Lipinski definition) is 5. The number of oxazole rings is 1. The first-order valence-electron chi connectivity index (χ1n) is 9.63. The fourth-order valence-electron chi connectivity index (χ4n) is 3.45. The normalized spacial score (nSPS) is 11.0. The molecule has 0 aliphatic carbocycles. The highest BCUT2D eigenvalue weighted by molar-refractivity contribution is 9.10. The van der Waals surface area contributed by atoms with E-state index in [4.69, 9.17) is 4.42 Å². The summed E-state index contributed by atoms with van der Waals surface area (Å²) in [6.07, 6.45) is 0. The van der Waals surface area contributed by atoms with Crippen molar-refractivity contribution in [3.05, 3.63) is 99.0 Å². The summed E-state index contributed by atoms with van der Waals surface area (Å²) in [4.78, 5) is 27.7. The summed E-state index contributed by atoms with van der Waals surface area (Å²) in [5.74, 6) is 0.00818. The van der Waals surface area contributed by atoms with Crippen molar-refractivity contribution in [2.75, 3.05) is 5.32 Å². The van der Waals surface area contributed by atoms with Gasteiger partial charge in [0.25, 0.3) is 11.6 Å². The summed E-state index contributed by atoms with van der Waals surface area (Å²) in [5.41, 5.74) is 2.53. The average Bonchev–Trinajstić information content (AvgIpc) is 3.22. The lowest BCUT2D eigenvalue weighted by atomic mass is 10.1. The molecule has 4 aromatic carbocycles. The van der Waals surface area contributed by atoms with Gasteiger partial charge in [0.05, 0.1) is 10.5 Å². The number of fused-ring (bicyclic) bond motifs is 2. The van der Waals surface area contributed by atoms with Gasteiger partial charge in [-0.05, 0) is 63.1 Å². The maximum absolute atomic E-state index is 12.7. The molecule has 0 saturated heterocycles. The van der Waals surface area contributed by atoms with Gasteiger partial charge in [-0.15, -0.1) is 0 Å². The molecule has 1 N–H and O–H groups in total. The van der Waals surface area contributed by atoms with Gasteiger partial charge in [-0.1, -0.05) is 30.3 Å². The molecule has 0 radical (unpaired) electrons. The van der Waals surface area contributed by atoms with Gasteiger partial charge in [-0.2, -0.15) is 0 Å². The highest BCUT2D eigenvalue weighted by Crippen LogP contribution is 2.29. The lowest BCUT2D eigenvalue weighted by molar-refractivity contribution is -0.384. The van der Waals surface area contributed by atoms with Crippen molar-refractivity contribution in [2.24, 2.45) is 0 Å². The van der Waals surface area contributed by atoms with Crippen LogP contribution in [0.25, 0.3) is 33.3 Å². The van der Waals surface area contributed by atoms with E-state index in [9.17, 15) is 14.9 Å². The Hall–Kier alpha value is -4.04. The SMILES string of the molecule is O=C(Nc1ccc2oc(-c3ccc4ccccc4c3)nc2c1)c1cc([N+](=O)[O-])ccc1Br. The second-order valence-corrected chi connectivity index (χ2v) is 7.99. The van der Waals surface area contributed by atoms with Crippen LogP contribution in [0, 0.1) is 10.1 Å². The number of nitrogens with one attached hydrogen (secondary N) is 1. The fraction of sp³-hybridized carbons (Fsp3) is 0. The number of carbonyl (C=O) groups excluding carboxylic acids is 1. The van der Waals surface area contributed by atoms with E-state index >= 15 is 0 Å². The number of nitro groups is 1. The van der Waals surface area contributed by atoms with Gasteiger partial charge in [0.2, 0.25) is 5.89 Å². The quantitative estimate of drug-likeness (QED) is 0.228. The smallest absolute Gasteiger partial charge is 0.270 e. The Bertz CT molecular complexity index is 1530. The standard InChI is InChI=1S/C24H14BrN3O4/c25-20-9-8-18(28(30)31)13-19(20)23(29)26-17-7-10-22-21(12-17)27-24(32-22)16-6-5-14-3-1-2-4-15(14)11-16/h1-13H,(H,26,29). The predicted octanol–water partition coefficient (Wildman–Crippen LogP) is 6.57. The van der Waals surface area contributed by atoms with Gasteiger partial charge >= 0.3 is 0 Å². The second-order valence-electron chi connectivity index (χ2n) is 7.14. The Balaban J connectivity index is 1.44. The summed E-state index contributed by atoms with van der Waals surface area (Å²) in [6, 6.07) is 23.2. The molecule has 1 heterocycles. The van der Waals surface area contributed by atoms with E-state index in [0.29, 0.717) is 27.2 Å². The lowest BCUT2D eigenvalue weighted by Crippen LogP contribution is -2.12. The highest BCUT2D eigenvalue weighted by Gasteiger charge is 2.17. The molecule has 1 aromatic heterocycles. The largest absolute Gasteiger partial charge is 0.436 e. The van der Waals surface area contributed by atoms with Crippen LogP contribution in [-0.2, 0) is 0 Å². The number of anilines is 1. The van der Waals surface area contributed by atoms with Crippen LogP contribution in [-0.4, -0.2) is 15.8 Å². The molecule has 5 rings (SSSR count). The molecular formula is C24H14BrN3O4. The number of non-ortho nitro benzene ring substituents is 1. The van der Waals surface area contributed by atoms with Crippen molar-refractivity contribution in [1.82, 2.24) is 4.98 Å². The molecule has 5 aromatic rings. The third-order valence-electron chi connectivity index (χ3n) is 5.05. The van der Waals surface area contributed by atoms with Crippen molar-refractivity contribution in [2.45, 2.75) is 0 Å². The molecule has 156 valence electrons. The molecule has 0 fully saturated rings. The fourth-order valence-corrected chi connectivity index (χ4v) is 3.88. The van der Waals surface area contributed by atoms with Crippen LogP contribution < -0.4 is 5.32 Å². The summed E-state index contributed by atoms with van der Waals surface area (Å²) < 4.78 is 6.36. The molecule has 0 unspecified atom stereocenters. The van der Waals surface area contributed by atoms with Crippen LogP contribution in [0.2, 0.25) is 0 Å². The van der Waals surface area contributed by atoms with Gasteiger partial charge in [0.15, 0.2) is 5.58 Å². The van der Waals surface area contributed by atoms with Crippen LogP contribution in [0.3, 0.4) is 0 Å². The number of nitrogens with zero attached hydrogens (tertiary/aromatic N) is 2. The first kappa shape index (κ1) is 19.9. The average molecular weight is 488 g/mol. The van der Waals surface area contributed by atoms with Crippen LogP contribution in [0.15, 0.2) is 87.8 Å². The zero-order chi connectivity index (χ0) is 22.2. The maximum atomic E-state index is 12.7. The first-order chi connectivity index (χ1) is 15.5. The van der Waals surface area contributed by atoms with Crippen molar-refractivity contribution >= 4 is 55.1 Å². The van der Waals surface area contributed by atoms with Gasteiger partial charge in [-0.3, -0.25) is 14.9 Å². The second kappa shape index (κ2) is 7.90. The Kier molecular flexibility index (Phi) is 4.91. The topological polar surface area (TPSA) is 98.3 Å². The monoisotopic (exact) mass is 487 g/mol. The number of halogens is 1. The highest BCUT2D eigenvalue weighted by atomic mass is 79.9. The number of hydrogen-bond donors (Lipinski definition) is 1. The molecule has 0 spiro atoms. The molecule has 0 atom stereocenters. The van der Waals surface area contributed by atoms with Crippen molar-refractivity contribution in [3.8, 4) is 11.5 Å². The molecule has 0 aliphatic rings. The molecule has 8 heteroatoms. The number of nitro benzene ring substituents is 1. The molecule has 0 bridgehead atoms. The number of carbonyl (C=O) groups is 1. The zero-order valence-electron chi connectivity index (χ0n) is 16.4. The van der Waals surface area contributed by atoms with Gasteiger partial charge in [0.1, 0.15) is 5.52 Å². The van der Waals surface area contributed by atoms with E-state index in [1.54, 1.807) is 18.2 Å². The van der Waals surface area contributed by atoms with Gasteiger partial charge < -0.3 is 9.73 Å². The molecule has 0 aliphatic heterocycles. The van der Waals surface area contributed by atoms with Crippen LogP contribution in [0.5, 0.6) is 0 Å². The number of aromatic nitrogens is 1. The summed E-state index contributed by atoms with van der Waals surface area (Å²) >= 11 is 3.27. The molecular weight excluding hydrogens is 474 g/mol. The maximum Gasteiger partial charge on any atom is 0.270 e. The Morgan fingerprint density at radius 1 is 0.969 bits per heavy atom. The number of rotatable bonds is 4. The third-order valence-corrected chi connectivity index (χ3v) is 5.74. The molecule has 1 amide bonds. The zero-order valence-corrected chi connectivity index (χ0v) is 18.0. The Morgan fingerprint density at radius 2 is 1.78 bits per heavy atom. The van der Waals surface area contributed by atoms with Crippen LogP contribution >= 0.6 is 15.9 Å². The van der Waals surface area contributed by atoms with E-state index in [1.165, 1.54) is 18.2 Å².